The zero-order chi connectivity index (χ0) is 21.2. The lowest BCUT2D eigenvalue weighted by atomic mass is 10.2. The third-order valence-electron chi connectivity index (χ3n) is 5.47. The molecule has 1 fully saturated rings. The number of pyridine rings is 1. The van der Waals surface area contributed by atoms with Crippen LogP contribution in [0.2, 0.25) is 0 Å². The molecule has 5 rings (SSSR count). The smallest absolute Gasteiger partial charge is 0.268 e. The van der Waals surface area contributed by atoms with E-state index in [-0.39, 0.29) is 5.91 Å². The Balaban J connectivity index is 1.38. The van der Waals surface area contributed by atoms with E-state index in [1.54, 1.807) is 29.5 Å². The van der Waals surface area contributed by atoms with Crippen LogP contribution in [0.15, 0.2) is 61.3 Å². The van der Waals surface area contributed by atoms with Gasteiger partial charge in [0.05, 0.1) is 12.2 Å². The number of rotatable bonds is 7. The number of amides is 1. The highest BCUT2D eigenvalue weighted by molar-refractivity contribution is 5.94. The van der Waals surface area contributed by atoms with Gasteiger partial charge in [0.2, 0.25) is 0 Å². The van der Waals surface area contributed by atoms with Crippen LogP contribution in [-0.2, 0) is 20.1 Å². The van der Waals surface area contributed by atoms with E-state index in [9.17, 15) is 4.79 Å². The average Bonchev–Trinajstić information content (AvgIpc) is 3.35. The van der Waals surface area contributed by atoms with Gasteiger partial charge in [-0.3, -0.25) is 14.5 Å². The molecule has 0 aliphatic heterocycles. The molecule has 31 heavy (non-hydrogen) atoms. The Hall–Kier alpha value is -3.81. The zero-order valence-electron chi connectivity index (χ0n) is 17.3. The molecule has 1 aliphatic rings. The lowest BCUT2D eigenvalue weighted by molar-refractivity contribution is 0.0940. The van der Waals surface area contributed by atoms with Gasteiger partial charge < -0.3 is 9.88 Å². The lowest BCUT2D eigenvalue weighted by Crippen LogP contribution is -2.26. The number of aryl methyl sites for hydroxylation is 1. The Kier molecular flexibility index (Phi) is 5.03. The van der Waals surface area contributed by atoms with Crippen molar-refractivity contribution >= 4 is 5.91 Å². The first-order valence-corrected chi connectivity index (χ1v) is 10.4. The summed E-state index contributed by atoms with van der Waals surface area (Å²) in [7, 11) is 1.86. The second-order valence-electron chi connectivity index (χ2n) is 7.85. The highest BCUT2D eigenvalue weighted by atomic mass is 16.1. The van der Waals surface area contributed by atoms with Crippen LogP contribution in [0.1, 0.15) is 29.0 Å². The molecule has 0 unspecified atom stereocenters. The highest BCUT2D eigenvalue weighted by Crippen LogP contribution is 2.32. The van der Waals surface area contributed by atoms with Crippen molar-refractivity contribution in [3.63, 3.8) is 0 Å². The van der Waals surface area contributed by atoms with E-state index in [1.807, 2.05) is 43.6 Å². The van der Waals surface area contributed by atoms with Gasteiger partial charge in [0.25, 0.3) is 5.91 Å². The van der Waals surface area contributed by atoms with Crippen LogP contribution in [0.3, 0.4) is 0 Å². The third-order valence-corrected chi connectivity index (χ3v) is 5.47. The molecular weight excluding hydrogens is 390 g/mol. The summed E-state index contributed by atoms with van der Waals surface area (Å²) < 4.78 is 3.79. The molecule has 0 saturated heterocycles. The maximum absolute atomic E-state index is 12.9. The van der Waals surface area contributed by atoms with E-state index < -0.39 is 0 Å². The molecule has 1 N–H and O–H groups in total. The second kappa shape index (κ2) is 8.14. The van der Waals surface area contributed by atoms with Gasteiger partial charge in [-0.2, -0.15) is 5.10 Å². The minimum Gasteiger partial charge on any atom is -0.345 e. The molecule has 4 aromatic rings. The van der Waals surface area contributed by atoms with Crippen molar-refractivity contribution in [2.24, 2.45) is 13.0 Å². The fourth-order valence-corrected chi connectivity index (χ4v) is 3.56. The first-order valence-electron chi connectivity index (χ1n) is 10.4. The molecule has 156 valence electrons. The highest BCUT2D eigenvalue weighted by Gasteiger charge is 2.24. The van der Waals surface area contributed by atoms with Crippen molar-refractivity contribution in [2.45, 2.75) is 25.9 Å². The molecule has 1 saturated carbocycles. The van der Waals surface area contributed by atoms with Gasteiger partial charge in [-0.1, -0.05) is 6.07 Å². The lowest BCUT2D eigenvalue weighted by Gasteiger charge is -2.09. The summed E-state index contributed by atoms with van der Waals surface area (Å²) >= 11 is 0. The summed E-state index contributed by atoms with van der Waals surface area (Å²) in [5.41, 5.74) is 4.14. The molecule has 8 heteroatoms. The molecule has 0 atom stereocenters. The van der Waals surface area contributed by atoms with Gasteiger partial charge in [-0.25, -0.2) is 9.97 Å². The molecule has 4 aromatic heterocycles. The van der Waals surface area contributed by atoms with E-state index in [1.165, 1.54) is 12.8 Å². The van der Waals surface area contributed by atoms with E-state index in [0.717, 1.165) is 29.1 Å². The second-order valence-corrected chi connectivity index (χ2v) is 7.85. The fraction of sp³-hybridized carbons (Fsp3) is 0.261. The Bertz CT molecular complexity index is 1190. The van der Waals surface area contributed by atoms with Crippen molar-refractivity contribution in [1.29, 1.82) is 0 Å². The standard InChI is InChI=1S/C23H23N7O/c1-29-20(7-9-28-29)22-25-11-18(12-26-22)17-10-21(30(15-17)14-16-5-6-16)23(31)27-13-19-4-2-3-8-24-19/h2-4,7-12,15-16H,5-6,13-14H2,1H3,(H,27,31). The van der Waals surface area contributed by atoms with E-state index in [0.29, 0.717) is 24.0 Å². The van der Waals surface area contributed by atoms with Crippen LogP contribution in [0.25, 0.3) is 22.6 Å². The summed E-state index contributed by atoms with van der Waals surface area (Å²) in [5.74, 6) is 1.16. The number of carbonyl (C=O) groups excluding carboxylic acids is 1. The van der Waals surface area contributed by atoms with Crippen LogP contribution < -0.4 is 5.32 Å². The van der Waals surface area contributed by atoms with E-state index in [2.05, 4.69) is 29.9 Å². The molecule has 1 aliphatic carbocycles. The van der Waals surface area contributed by atoms with Crippen molar-refractivity contribution in [3.05, 3.63) is 72.7 Å². The Labute approximate surface area is 180 Å². The average molecular weight is 413 g/mol. The normalized spacial score (nSPS) is 13.3. The topological polar surface area (TPSA) is 90.5 Å². The number of nitrogens with one attached hydrogen (secondary N) is 1. The van der Waals surface area contributed by atoms with E-state index in [4.69, 9.17) is 0 Å². The van der Waals surface area contributed by atoms with Gasteiger partial charge in [0.1, 0.15) is 11.4 Å². The molecule has 4 heterocycles. The number of nitrogens with zero attached hydrogens (tertiary/aromatic N) is 6. The third kappa shape index (κ3) is 4.23. The summed E-state index contributed by atoms with van der Waals surface area (Å²) in [6.45, 7) is 1.24. The first-order chi connectivity index (χ1) is 15.2. The maximum Gasteiger partial charge on any atom is 0.268 e. The quantitative estimate of drug-likeness (QED) is 0.503. The minimum absolute atomic E-state index is 0.107. The summed E-state index contributed by atoms with van der Waals surface area (Å²) in [6, 6.07) is 9.47. The van der Waals surface area contributed by atoms with Crippen LogP contribution in [0, 0.1) is 5.92 Å². The Morgan fingerprint density at radius 3 is 2.61 bits per heavy atom. The zero-order valence-corrected chi connectivity index (χ0v) is 17.3. The predicted molar refractivity (Wildman–Crippen MR) is 116 cm³/mol. The first kappa shape index (κ1) is 19.2. The van der Waals surface area contributed by atoms with Crippen molar-refractivity contribution in [3.8, 4) is 22.6 Å². The van der Waals surface area contributed by atoms with Crippen molar-refractivity contribution in [1.82, 2.24) is 34.6 Å². The molecule has 0 bridgehead atoms. The van der Waals surface area contributed by atoms with Crippen molar-refractivity contribution in [2.75, 3.05) is 0 Å². The van der Waals surface area contributed by atoms with Crippen molar-refractivity contribution < 1.29 is 4.79 Å². The molecule has 1 amide bonds. The summed E-state index contributed by atoms with van der Waals surface area (Å²) in [6.07, 6.45) is 11.5. The SMILES string of the molecule is Cn1nccc1-c1ncc(-c2cc(C(=O)NCc3ccccn3)n(CC3CC3)c2)cn1. The van der Waals surface area contributed by atoms with Gasteiger partial charge in [0, 0.05) is 55.7 Å². The molecule has 0 spiro atoms. The van der Waals surface area contributed by atoms with Crippen LogP contribution in [0.4, 0.5) is 0 Å². The maximum atomic E-state index is 12.9. The largest absolute Gasteiger partial charge is 0.345 e. The Morgan fingerprint density at radius 2 is 1.94 bits per heavy atom. The van der Waals surface area contributed by atoms with Gasteiger partial charge in [0.15, 0.2) is 5.82 Å². The van der Waals surface area contributed by atoms with Crippen LogP contribution >= 0.6 is 0 Å². The molecule has 0 aromatic carbocycles. The predicted octanol–water partition coefficient (Wildman–Crippen LogP) is 3.08. The number of hydrogen-bond acceptors (Lipinski definition) is 5. The monoisotopic (exact) mass is 413 g/mol. The molecule has 0 radical (unpaired) electrons. The van der Waals surface area contributed by atoms with Crippen LogP contribution in [-0.4, -0.2) is 35.2 Å². The number of carbonyl (C=O) groups is 1. The van der Waals surface area contributed by atoms with Crippen LogP contribution in [0.5, 0.6) is 0 Å². The minimum atomic E-state index is -0.107. The van der Waals surface area contributed by atoms with Gasteiger partial charge >= 0.3 is 0 Å². The van der Waals surface area contributed by atoms with Gasteiger partial charge in [-0.05, 0) is 43.0 Å². The van der Waals surface area contributed by atoms with E-state index >= 15 is 0 Å². The summed E-state index contributed by atoms with van der Waals surface area (Å²) in [4.78, 5) is 26.2. The fourth-order valence-electron chi connectivity index (χ4n) is 3.56. The number of aromatic nitrogens is 6. The molecule has 8 nitrogen and oxygen atoms in total. The number of hydrogen-bond donors (Lipinski definition) is 1. The summed E-state index contributed by atoms with van der Waals surface area (Å²) in [5, 5.41) is 7.15. The molecular formula is C23H23N7O. The Morgan fingerprint density at radius 1 is 1.10 bits per heavy atom. The van der Waals surface area contributed by atoms with Gasteiger partial charge in [-0.15, -0.1) is 0 Å².